The van der Waals surface area contributed by atoms with E-state index in [-0.39, 0.29) is 18.3 Å². The van der Waals surface area contributed by atoms with Crippen LogP contribution in [0.4, 0.5) is 0 Å². The summed E-state index contributed by atoms with van der Waals surface area (Å²) in [7, 11) is 1.66. The van der Waals surface area contributed by atoms with Gasteiger partial charge < -0.3 is 28.4 Å². The van der Waals surface area contributed by atoms with E-state index < -0.39 is 23.5 Å². The molecule has 3 aliphatic heterocycles. The van der Waals surface area contributed by atoms with Gasteiger partial charge in [-0.2, -0.15) is 0 Å². The van der Waals surface area contributed by atoms with E-state index in [4.69, 9.17) is 28.4 Å². The zero-order valence-electron chi connectivity index (χ0n) is 14.0. The Bertz CT molecular complexity index is 448. The smallest absolute Gasteiger partial charge is 0.190 e. The summed E-state index contributed by atoms with van der Waals surface area (Å²) in [6.45, 7) is 11.8. The van der Waals surface area contributed by atoms with Gasteiger partial charge in [-0.05, 0) is 34.1 Å². The quantitative estimate of drug-likeness (QED) is 0.740. The first-order valence-electron chi connectivity index (χ1n) is 7.72. The maximum atomic E-state index is 6.13. The number of rotatable bonds is 4. The Morgan fingerprint density at radius 2 is 1.82 bits per heavy atom. The lowest BCUT2D eigenvalue weighted by molar-refractivity contribution is -0.251. The Balaban J connectivity index is 1.89. The second kappa shape index (κ2) is 5.26. The van der Waals surface area contributed by atoms with Crippen molar-refractivity contribution in [3.63, 3.8) is 0 Å². The fourth-order valence-corrected chi connectivity index (χ4v) is 3.62. The molecule has 0 unspecified atom stereocenters. The van der Waals surface area contributed by atoms with E-state index in [0.29, 0.717) is 13.0 Å². The van der Waals surface area contributed by atoms with Crippen molar-refractivity contribution in [2.24, 2.45) is 0 Å². The number of fused-ring (bicyclic) bond motifs is 1. The third-order valence-electron chi connectivity index (χ3n) is 4.51. The van der Waals surface area contributed by atoms with Crippen molar-refractivity contribution in [2.45, 2.75) is 75.9 Å². The van der Waals surface area contributed by atoms with Gasteiger partial charge >= 0.3 is 0 Å². The largest absolute Gasteiger partial charge is 0.372 e. The van der Waals surface area contributed by atoms with Crippen LogP contribution in [0.3, 0.4) is 0 Å². The Morgan fingerprint density at radius 1 is 1.09 bits per heavy atom. The first-order chi connectivity index (χ1) is 10.2. The van der Waals surface area contributed by atoms with Crippen LogP contribution < -0.4 is 0 Å². The highest BCUT2D eigenvalue weighted by Crippen LogP contribution is 2.49. The van der Waals surface area contributed by atoms with Gasteiger partial charge in [0.1, 0.15) is 23.9 Å². The molecule has 6 heteroatoms. The monoisotopic (exact) mass is 314 g/mol. The van der Waals surface area contributed by atoms with E-state index in [2.05, 4.69) is 6.58 Å². The maximum Gasteiger partial charge on any atom is 0.190 e. The lowest BCUT2D eigenvalue weighted by Crippen LogP contribution is -2.55. The van der Waals surface area contributed by atoms with Crippen LogP contribution in [-0.2, 0) is 28.4 Å². The van der Waals surface area contributed by atoms with Crippen LogP contribution in [0, 0.1) is 0 Å². The highest BCUT2D eigenvalue weighted by Gasteiger charge is 2.66. The standard InChI is InChI=1S/C16H26O6/c1-7-8-16(17-6)11(10-9-18-14(2,3)20-10)19-13-12(16)21-15(4,5)22-13/h7,10-13H,1,8-9H2,2-6H3/t10-,11-,12+,13-,16-/m1/s1. The normalized spacial score (nSPS) is 45.9. The molecule has 0 bridgehead atoms. The number of hydrogen-bond acceptors (Lipinski definition) is 6. The van der Waals surface area contributed by atoms with Crippen molar-refractivity contribution < 1.29 is 28.4 Å². The van der Waals surface area contributed by atoms with Crippen LogP contribution in [0.15, 0.2) is 12.7 Å². The van der Waals surface area contributed by atoms with E-state index in [9.17, 15) is 0 Å². The van der Waals surface area contributed by atoms with Crippen LogP contribution in [0.25, 0.3) is 0 Å². The molecule has 0 spiro atoms. The minimum atomic E-state index is -0.700. The van der Waals surface area contributed by atoms with Crippen LogP contribution in [0.5, 0.6) is 0 Å². The predicted molar refractivity (Wildman–Crippen MR) is 78.2 cm³/mol. The minimum absolute atomic E-state index is 0.240. The predicted octanol–water partition coefficient (Wildman–Crippen LogP) is 1.98. The molecular formula is C16H26O6. The van der Waals surface area contributed by atoms with Crippen molar-refractivity contribution in [2.75, 3.05) is 13.7 Å². The Labute approximate surface area is 131 Å². The van der Waals surface area contributed by atoms with Gasteiger partial charge in [0.15, 0.2) is 17.9 Å². The maximum absolute atomic E-state index is 6.13. The van der Waals surface area contributed by atoms with E-state index in [1.807, 2.05) is 33.8 Å². The zero-order valence-corrected chi connectivity index (χ0v) is 14.0. The van der Waals surface area contributed by atoms with Crippen molar-refractivity contribution in [3.05, 3.63) is 12.7 Å². The third kappa shape index (κ3) is 2.52. The molecule has 0 amide bonds. The van der Waals surface area contributed by atoms with Crippen molar-refractivity contribution in [1.82, 2.24) is 0 Å². The molecule has 0 aromatic heterocycles. The highest BCUT2D eigenvalue weighted by molar-refractivity contribution is 5.11. The van der Waals surface area contributed by atoms with Crippen LogP contribution in [0.1, 0.15) is 34.1 Å². The van der Waals surface area contributed by atoms with Gasteiger partial charge in [0.25, 0.3) is 0 Å². The van der Waals surface area contributed by atoms with Gasteiger partial charge in [-0.3, -0.25) is 0 Å². The molecule has 0 aromatic carbocycles. The summed E-state index contributed by atoms with van der Waals surface area (Å²) in [5.41, 5.74) is -0.700. The zero-order chi connectivity index (χ0) is 16.2. The molecule has 0 saturated carbocycles. The molecule has 6 nitrogen and oxygen atoms in total. The third-order valence-corrected chi connectivity index (χ3v) is 4.51. The topological polar surface area (TPSA) is 55.4 Å². The molecule has 3 saturated heterocycles. The Kier molecular flexibility index (Phi) is 3.91. The molecule has 0 aromatic rings. The number of hydrogen-bond donors (Lipinski definition) is 0. The molecule has 0 N–H and O–H groups in total. The summed E-state index contributed by atoms with van der Waals surface area (Å²) in [6, 6.07) is 0. The van der Waals surface area contributed by atoms with Crippen LogP contribution in [-0.4, -0.2) is 55.5 Å². The second-order valence-electron chi connectivity index (χ2n) is 7.00. The molecule has 3 heterocycles. The van der Waals surface area contributed by atoms with Crippen molar-refractivity contribution >= 4 is 0 Å². The fraction of sp³-hybridized carbons (Fsp3) is 0.875. The number of methoxy groups -OCH3 is 1. The Hall–Kier alpha value is -0.500. The molecule has 3 fully saturated rings. The van der Waals surface area contributed by atoms with Crippen molar-refractivity contribution in [1.29, 1.82) is 0 Å². The lowest BCUT2D eigenvalue weighted by atomic mass is 9.85. The summed E-state index contributed by atoms with van der Waals surface area (Å²) in [5.74, 6) is -1.32. The number of ether oxygens (including phenoxy) is 6. The second-order valence-corrected chi connectivity index (χ2v) is 7.00. The lowest BCUT2D eigenvalue weighted by Gasteiger charge is -2.38. The minimum Gasteiger partial charge on any atom is -0.372 e. The van der Waals surface area contributed by atoms with Crippen LogP contribution in [0.2, 0.25) is 0 Å². The molecule has 0 radical (unpaired) electrons. The van der Waals surface area contributed by atoms with Gasteiger partial charge in [0.05, 0.1) is 6.61 Å². The van der Waals surface area contributed by atoms with Gasteiger partial charge in [-0.1, -0.05) is 6.08 Å². The first-order valence-corrected chi connectivity index (χ1v) is 7.72. The average molecular weight is 314 g/mol. The summed E-state index contributed by atoms with van der Waals surface area (Å²) < 4.78 is 35.6. The first kappa shape index (κ1) is 16.4. The molecular weight excluding hydrogens is 288 g/mol. The Morgan fingerprint density at radius 3 is 2.36 bits per heavy atom. The van der Waals surface area contributed by atoms with E-state index in [0.717, 1.165) is 0 Å². The highest BCUT2D eigenvalue weighted by atomic mass is 16.9. The average Bonchev–Trinajstić information content (AvgIpc) is 3.00. The molecule has 0 aliphatic carbocycles. The van der Waals surface area contributed by atoms with Crippen molar-refractivity contribution in [3.8, 4) is 0 Å². The summed E-state index contributed by atoms with van der Waals surface area (Å²) in [4.78, 5) is 0. The molecule has 22 heavy (non-hydrogen) atoms. The summed E-state index contributed by atoms with van der Waals surface area (Å²) >= 11 is 0. The molecule has 126 valence electrons. The van der Waals surface area contributed by atoms with Crippen LogP contribution >= 0.6 is 0 Å². The van der Waals surface area contributed by atoms with E-state index in [1.54, 1.807) is 7.11 Å². The van der Waals surface area contributed by atoms with E-state index in [1.165, 1.54) is 0 Å². The van der Waals surface area contributed by atoms with E-state index >= 15 is 0 Å². The van der Waals surface area contributed by atoms with Gasteiger partial charge in [0.2, 0.25) is 0 Å². The SMILES string of the molecule is C=CC[C@@]1(OC)[C@@H]([C@H]2COC(C)(C)O2)O[C@@H]2OC(C)(C)O[C@@H]21. The molecule has 3 rings (SSSR count). The van der Waals surface area contributed by atoms with Gasteiger partial charge in [-0.15, -0.1) is 6.58 Å². The molecule has 3 aliphatic rings. The summed E-state index contributed by atoms with van der Waals surface area (Å²) in [5, 5.41) is 0. The summed E-state index contributed by atoms with van der Waals surface area (Å²) in [6.07, 6.45) is 1.00. The fourth-order valence-electron chi connectivity index (χ4n) is 3.62. The van der Waals surface area contributed by atoms with Gasteiger partial charge in [0, 0.05) is 7.11 Å². The van der Waals surface area contributed by atoms with Gasteiger partial charge in [-0.25, -0.2) is 0 Å². The molecule has 5 atom stereocenters.